The number of benzene rings is 2. The van der Waals surface area contributed by atoms with E-state index < -0.39 is 0 Å². The number of pyridine rings is 1. The molecule has 204 valence electrons. The lowest BCUT2D eigenvalue weighted by Crippen LogP contribution is -2.45. The molecule has 0 aliphatic rings. The van der Waals surface area contributed by atoms with Crippen LogP contribution < -0.4 is 21.1 Å². The quantitative estimate of drug-likeness (QED) is 0.221. The molecule has 0 aliphatic heterocycles. The number of halogens is 2. The zero-order chi connectivity index (χ0) is 27.9. The summed E-state index contributed by atoms with van der Waals surface area (Å²) in [6.07, 6.45) is 4.62. The van der Waals surface area contributed by atoms with Crippen LogP contribution in [0.2, 0.25) is 5.02 Å². The van der Waals surface area contributed by atoms with Gasteiger partial charge in [0.05, 0.1) is 27.3 Å². The van der Waals surface area contributed by atoms with Crippen molar-refractivity contribution in [2.75, 3.05) is 13.1 Å². The third kappa shape index (κ3) is 7.59. The van der Waals surface area contributed by atoms with Gasteiger partial charge in [-0.25, -0.2) is 4.98 Å². The van der Waals surface area contributed by atoms with Crippen molar-refractivity contribution in [3.05, 3.63) is 87.6 Å². The monoisotopic (exact) mass is 611 g/mol. The number of fused-ring (bicyclic) bond motifs is 1. The van der Waals surface area contributed by atoms with E-state index in [0.717, 1.165) is 26.9 Å². The molecule has 1 atom stereocenters. The smallest absolute Gasteiger partial charge is 0.251 e. The molecule has 39 heavy (non-hydrogen) atoms. The van der Waals surface area contributed by atoms with Crippen LogP contribution in [-0.4, -0.2) is 46.4 Å². The van der Waals surface area contributed by atoms with Crippen LogP contribution >= 0.6 is 27.5 Å². The van der Waals surface area contributed by atoms with Gasteiger partial charge in [0, 0.05) is 43.0 Å². The minimum Gasteiger partial charge on any atom is -0.489 e. The minimum absolute atomic E-state index is 0.0374. The number of nitrogens with zero attached hydrogens (tertiary/aromatic N) is 2. The summed E-state index contributed by atoms with van der Waals surface area (Å²) in [5, 5.41) is 6.25. The number of hydrogen-bond donors (Lipinski definition) is 3. The summed E-state index contributed by atoms with van der Waals surface area (Å²) in [6.45, 7) is 4.33. The first-order valence-corrected chi connectivity index (χ1v) is 13.9. The van der Waals surface area contributed by atoms with Crippen molar-refractivity contribution < 1.29 is 14.3 Å². The topological polar surface area (TPSA) is 111 Å². The van der Waals surface area contributed by atoms with Gasteiger partial charge in [0.1, 0.15) is 5.75 Å². The van der Waals surface area contributed by atoms with Crippen molar-refractivity contribution in [2.24, 2.45) is 5.73 Å². The normalized spacial score (nSPS) is 11.9. The van der Waals surface area contributed by atoms with E-state index in [-0.39, 0.29) is 43.5 Å². The van der Waals surface area contributed by atoms with Gasteiger partial charge in [0.2, 0.25) is 5.91 Å². The molecule has 0 bridgehead atoms. The molecule has 4 aromatic rings. The number of carbonyl (C=O) groups excluding carboxylic acids is 2. The van der Waals surface area contributed by atoms with Gasteiger partial charge in [0.25, 0.3) is 5.91 Å². The zero-order valence-corrected chi connectivity index (χ0v) is 24.1. The summed E-state index contributed by atoms with van der Waals surface area (Å²) < 4.78 is 8.55. The van der Waals surface area contributed by atoms with Gasteiger partial charge >= 0.3 is 0 Å². The molecule has 0 spiro atoms. The molecule has 0 radical (unpaired) electrons. The molecule has 2 aromatic heterocycles. The maximum Gasteiger partial charge on any atom is 0.251 e. The SMILES string of the molecule is CC(C)Oc1ccc(C(=O)NC(CNC(=O)CCN)Cc2ccc(-c3cn4cccc(Br)c4n3)cc2)cc1Cl. The standard InChI is InChI=1S/C29H31BrClN5O3/c1-18(2)39-26-10-9-21(15-24(26)31)29(38)34-22(16-33-27(37)11-12-32)14-19-5-7-20(8-6-19)25-17-36-13-3-4-23(30)28(36)35-25/h3-10,13,15,17-18,22H,11-12,14,16,32H2,1-2H3,(H,33,37)(H,34,38). The summed E-state index contributed by atoms with van der Waals surface area (Å²) in [7, 11) is 0. The van der Waals surface area contributed by atoms with Gasteiger partial charge in [-0.15, -0.1) is 0 Å². The third-order valence-electron chi connectivity index (χ3n) is 5.98. The van der Waals surface area contributed by atoms with E-state index in [4.69, 9.17) is 27.1 Å². The summed E-state index contributed by atoms with van der Waals surface area (Å²) in [4.78, 5) is 29.9. The van der Waals surface area contributed by atoms with Crippen molar-refractivity contribution in [3.63, 3.8) is 0 Å². The Kier molecular flexibility index (Phi) is 9.61. The highest BCUT2D eigenvalue weighted by molar-refractivity contribution is 9.10. The number of aromatic nitrogens is 2. The molecule has 2 aromatic carbocycles. The van der Waals surface area contributed by atoms with E-state index in [0.29, 0.717) is 22.8 Å². The summed E-state index contributed by atoms with van der Waals surface area (Å²) >= 11 is 9.88. The van der Waals surface area contributed by atoms with Gasteiger partial charge < -0.3 is 25.5 Å². The van der Waals surface area contributed by atoms with Crippen LogP contribution in [-0.2, 0) is 11.2 Å². The first-order valence-electron chi connectivity index (χ1n) is 12.7. The largest absolute Gasteiger partial charge is 0.489 e. The number of rotatable bonds is 11. The van der Waals surface area contributed by atoms with Gasteiger partial charge in [0.15, 0.2) is 5.65 Å². The van der Waals surface area contributed by atoms with Crippen molar-refractivity contribution in [3.8, 4) is 17.0 Å². The Morgan fingerprint density at radius 2 is 1.92 bits per heavy atom. The van der Waals surface area contributed by atoms with E-state index in [2.05, 4.69) is 26.6 Å². The van der Waals surface area contributed by atoms with Crippen LogP contribution in [0.3, 0.4) is 0 Å². The molecule has 4 N–H and O–H groups in total. The number of hydrogen-bond acceptors (Lipinski definition) is 5. The molecule has 0 aliphatic carbocycles. The zero-order valence-electron chi connectivity index (χ0n) is 21.8. The minimum atomic E-state index is -0.360. The van der Waals surface area contributed by atoms with E-state index >= 15 is 0 Å². The van der Waals surface area contributed by atoms with Crippen LogP contribution in [0.5, 0.6) is 5.75 Å². The summed E-state index contributed by atoms with van der Waals surface area (Å²) in [5.74, 6) is 0.0631. The number of amides is 2. The number of imidazole rings is 1. The molecule has 0 saturated heterocycles. The highest BCUT2D eigenvalue weighted by Crippen LogP contribution is 2.27. The molecule has 10 heteroatoms. The van der Waals surface area contributed by atoms with Crippen molar-refractivity contribution in [2.45, 2.75) is 38.8 Å². The fourth-order valence-corrected chi connectivity index (χ4v) is 4.78. The van der Waals surface area contributed by atoms with Crippen molar-refractivity contribution >= 4 is 45.0 Å². The van der Waals surface area contributed by atoms with E-state index in [1.165, 1.54) is 0 Å². The predicted octanol–water partition coefficient (Wildman–Crippen LogP) is 5.01. The van der Waals surface area contributed by atoms with Crippen molar-refractivity contribution in [1.29, 1.82) is 0 Å². The Balaban J connectivity index is 1.48. The number of carbonyl (C=O) groups is 2. The number of nitrogens with two attached hydrogens (primary N) is 1. The molecule has 8 nitrogen and oxygen atoms in total. The number of ether oxygens (including phenoxy) is 1. The summed E-state index contributed by atoms with van der Waals surface area (Å²) in [5.41, 5.74) is 9.59. The third-order valence-corrected chi connectivity index (χ3v) is 6.89. The van der Waals surface area contributed by atoms with Gasteiger partial charge in [-0.1, -0.05) is 35.9 Å². The molecular formula is C29H31BrClN5O3. The maximum absolute atomic E-state index is 13.1. The number of nitrogens with one attached hydrogen (secondary N) is 2. The molecule has 2 heterocycles. The second-order valence-electron chi connectivity index (χ2n) is 9.44. The average Bonchev–Trinajstić information content (AvgIpc) is 3.34. The second kappa shape index (κ2) is 13.1. The maximum atomic E-state index is 13.1. The van der Waals surface area contributed by atoms with Gasteiger partial charge in [-0.2, -0.15) is 0 Å². The fraction of sp³-hybridized carbons (Fsp3) is 0.276. The van der Waals surface area contributed by atoms with E-state index in [1.54, 1.807) is 18.2 Å². The van der Waals surface area contributed by atoms with Gasteiger partial charge in [-0.3, -0.25) is 9.59 Å². The molecular weight excluding hydrogens is 582 g/mol. The van der Waals surface area contributed by atoms with Crippen LogP contribution in [0.25, 0.3) is 16.9 Å². The second-order valence-corrected chi connectivity index (χ2v) is 10.7. The van der Waals surface area contributed by atoms with Crippen LogP contribution in [0.1, 0.15) is 36.2 Å². The lowest BCUT2D eigenvalue weighted by atomic mass is 10.0. The first-order chi connectivity index (χ1) is 18.7. The predicted molar refractivity (Wildman–Crippen MR) is 157 cm³/mol. The van der Waals surface area contributed by atoms with Crippen LogP contribution in [0.15, 0.2) is 71.5 Å². The van der Waals surface area contributed by atoms with E-state index in [9.17, 15) is 9.59 Å². The Labute approximate surface area is 241 Å². The molecule has 0 saturated carbocycles. The molecule has 4 rings (SSSR count). The highest BCUT2D eigenvalue weighted by Gasteiger charge is 2.18. The van der Waals surface area contributed by atoms with Crippen LogP contribution in [0.4, 0.5) is 0 Å². The fourth-order valence-electron chi connectivity index (χ4n) is 4.10. The van der Waals surface area contributed by atoms with Gasteiger partial charge in [-0.05, 0) is 72.1 Å². The van der Waals surface area contributed by atoms with E-state index in [1.807, 2.05) is 67.0 Å². The van der Waals surface area contributed by atoms with Crippen molar-refractivity contribution in [1.82, 2.24) is 20.0 Å². The molecule has 2 amide bonds. The summed E-state index contributed by atoms with van der Waals surface area (Å²) in [6, 6.07) is 16.5. The lowest BCUT2D eigenvalue weighted by molar-refractivity contribution is -0.121. The Morgan fingerprint density at radius 3 is 2.59 bits per heavy atom. The molecule has 0 fully saturated rings. The molecule has 1 unspecified atom stereocenters. The Bertz CT molecular complexity index is 1460. The van der Waals surface area contributed by atoms with Crippen LogP contribution in [0, 0.1) is 0 Å². The first kappa shape index (κ1) is 28.6. The lowest BCUT2D eigenvalue weighted by Gasteiger charge is -2.20. The highest BCUT2D eigenvalue weighted by atomic mass is 79.9. The Hall–Kier alpha value is -3.40. The Morgan fingerprint density at radius 1 is 1.15 bits per heavy atom. The average molecular weight is 613 g/mol.